The molecule has 2 aromatic carbocycles. The third kappa shape index (κ3) is 4.19. The fourth-order valence-electron chi connectivity index (χ4n) is 2.78. The fourth-order valence-corrected chi connectivity index (χ4v) is 2.78. The molecule has 0 spiro atoms. The minimum atomic E-state index is -0.249. The standard InChI is InChI=1S/C21H20N4O2/c1-2-14-10-11-17(13-18(14)19-5-3-4-12-23-19)24-21(26)16-8-6-15(7-9-16)20(22)25-27/h3-13,27H,2H2,1H3,(H2,22,25)(H,24,26). The second-order valence-electron chi connectivity index (χ2n) is 5.96. The Kier molecular flexibility index (Phi) is 5.58. The summed E-state index contributed by atoms with van der Waals surface area (Å²) in [5.41, 5.74) is 6.43. The highest BCUT2D eigenvalue weighted by Gasteiger charge is 2.10. The minimum Gasteiger partial charge on any atom is -0.322 e. The van der Waals surface area contributed by atoms with E-state index in [2.05, 4.69) is 17.2 Å². The Morgan fingerprint density at radius 2 is 1.81 bits per heavy atom. The Bertz CT molecular complexity index is 954. The van der Waals surface area contributed by atoms with E-state index in [0.29, 0.717) is 16.8 Å². The molecule has 0 aliphatic carbocycles. The molecular formula is C21H20N4O2. The van der Waals surface area contributed by atoms with Crippen molar-refractivity contribution in [1.29, 1.82) is 5.41 Å². The number of benzene rings is 2. The molecule has 1 amide bonds. The van der Waals surface area contributed by atoms with Crippen LogP contribution in [-0.2, 0) is 6.42 Å². The molecule has 1 aromatic heterocycles. The van der Waals surface area contributed by atoms with Crippen molar-refractivity contribution in [3.63, 3.8) is 0 Å². The van der Waals surface area contributed by atoms with Crippen LogP contribution in [0.2, 0.25) is 0 Å². The van der Waals surface area contributed by atoms with Gasteiger partial charge in [-0.15, -0.1) is 0 Å². The van der Waals surface area contributed by atoms with Crippen molar-refractivity contribution >= 4 is 17.4 Å². The van der Waals surface area contributed by atoms with Crippen molar-refractivity contribution in [2.75, 3.05) is 5.32 Å². The number of hydrogen-bond acceptors (Lipinski definition) is 4. The van der Waals surface area contributed by atoms with Crippen molar-refractivity contribution in [3.05, 3.63) is 83.6 Å². The second kappa shape index (κ2) is 8.25. The number of amidine groups is 1. The van der Waals surface area contributed by atoms with Crippen molar-refractivity contribution in [2.24, 2.45) is 0 Å². The topological polar surface area (TPSA) is 98.1 Å². The number of amides is 1. The molecular weight excluding hydrogens is 340 g/mol. The molecule has 0 atom stereocenters. The highest BCUT2D eigenvalue weighted by Crippen LogP contribution is 2.26. The van der Waals surface area contributed by atoms with E-state index in [1.807, 2.05) is 36.4 Å². The summed E-state index contributed by atoms with van der Waals surface area (Å²) in [7, 11) is 0. The first-order chi connectivity index (χ1) is 13.1. The molecule has 0 saturated carbocycles. The number of carbonyl (C=O) groups excluding carboxylic acids is 1. The Hall–Kier alpha value is -3.51. The van der Waals surface area contributed by atoms with Gasteiger partial charge in [0, 0.05) is 28.6 Å². The Morgan fingerprint density at radius 3 is 2.44 bits per heavy atom. The lowest BCUT2D eigenvalue weighted by Gasteiger charge is -2.12. The smallest absolute Gasteiger partial charge is 0.255 e. The molecule has 0 radical (unpaired) electrons. The molecule has 3 rings (SSSR count). The number of hydroxylamine groups is 1. The van der Waals surface area contributed by atoms with Crippen LogP contribution < -0.4 is 10.8 Å². The van der Waals surface area contributed by atoms with Gasteiger partial charge in [0.15, 0.2) is 0 Å². The van der Waals surface area contributed by atoms with Gasteiger partial charge in [0.2, 0.25) is 0 Å². The van der Waals surface area contributed by atoms with Crippen LogP contribution in [0, 0.1) is 5.41 Å². The van der Waals surface area contributed by atoms with Crippen molar-refractivity contribution in [1.82, 2.24) is 10.5 Å². The number of aryl methyl sites for hydroxylation is 1. The third-order valence-corrected chi connectivity index (χ3v) is 4.24. The van der Waals surface area contributed by atoms with E-state index in [-0.39, 0.29) is 11.7 Å². The molecule has 6 nitrogen and oxygen atoms in total. The van der Waals surface area contributed by atoms with Gasteiger partial charge in [-0.25, -0.2) is 0 Å². The lowest BCUT2D eigenvalue weighted by molar-refractivity contribution is 0.102. The van der Waals surface area contributed by atoms with Gasteiger partial charge in [-0.05, 0) is 48.4 Å². The van der Waals surface area contributed by atoms with E-state index in [0.717, 1.165) is 23.2 Å². The maximum atomic E-state index is 12.5. The van der Waals surface area contributed by atoms with Crippen LogP contribution in [-0.4, -0.2) is 21.9 Å². The van der Waals surface area contributed by atoms with Crippen molar-refractivity contribution in [2.45, 2.75) is 13.3 Å². The van der Waals surface area contributed by atoms with Gasteiger partial charge in [0.05, 0.1) is 5.69 Å². The zero-order valence-electron chi connectivity index (χ0n) is 14.9. The zero-order valence-corrected chi connectivity index (χ0v) is 14.9. The summed E-state index contributed by atoms with van der Waals surface area (Å²) in [6.45, 7) is 2.08. The summed E-state index contributed by atoms with van der Waals surface area (Å²) in [5.74, 6) is -0.377. The molecule has 6 heteroatoms. The van der Waals surface area contributed by atoms with Crippen LogP contribution in [0.5, 0.6) is 0 Å². The average molecular weight is 360 g/mol. The number of hydrogen-bond donors (Lipinski definition) is 4. The van der Waals surface area contributed by atoms with Crippen LogP contribution in [0.25, 0.3) is 11.3 Å². The van der Waals surface area contributed by atoms with Crippen LogP contribution in [0.1, 0.15) is 28.4 Å². The summed E-state index contributed by atoms with van der Waals surface area (Å²) in [5, 5.41) is 19.2. The van der Waals surface area contributed by atoms with E-state index >= 15 is 0 Å². The van der Waals surface area contributed by atoms with Gasteiger partial charge in [-0.3, -0.25) is 25.9 Å². The summed E-state index contributed by atoms with van der Waals surface area (Å²) in [6, 6.07) is 18.0. The van der Waals surface area contributed by atoms with E-state index in [1.54, 1.807) is 35.9 Å². The lowest BCUT2D eigenvalue weighted by Crippen LogP contribution is -2.19. The second-order valence-corrected chi connectivity index (χ2v) is 5.96. The quantitative estimate of drug-likeness (QED) is 0.315. The maximum absolute atomic E-state index is 12.5. The molecule has 27 heavy (non-hydrogen) atoms. The predicted molar refractivity (Wildman–Crippen MR) is 105 cm³/mol. The Labute approximate surface area is 157 Å². The van der Waals surface area contributed by atoms with Gasteiger partial charge in [0.1, 0.15) is 5.84 Å². The summed E-state index contributed by atoms with van der Waals surface area (Å²) in [6.07, 6.45) is 2.62. The first-order valence-corrected chi connectivity index (χ1v) is 8.57. The Balaban J connectivity index is 1.83. The number of carbonyl (C=O) groups is 1. The van der Waals surface area contributed by atoms with Crippen LogP contribution >= 0.6 is 0 Å². The van der Waals surface area contributed by atoms with E-state index in [1.165, 1.54) is 0 Å². The van der Waals surface area contributed by atoms with Gasteiger partial charge in [0.25, 0.3) is 5.91 Å². The van der Waals surface area contributed by atoms with E-state index in [9.17, 15) is 4.79 Å². The first kappa shape index (κ1) is 18.3. The number of anilines is 1. The van der Waals surface area contributed by atoms with Gasteiger partial charge in [-0.1, -0.05) is 31.2 Å². The molecule has 4 N–H and O–H groups in total. The minimum absolute atomic E-state index is 0.128. The number of pyridine rings is 1. The third-order valence-electron chi connectivity index (χ3n) is 4.24. The number of aromatic nitrogens is 1. The van der Waals surface area contributed by atoms with E-state index < -0.39 is 0 Å². The number of nitrogens with one attached hydrogen (secondary N) is 3. The van der Waals surface area contributed by atoms with Gasteiger partial charge < -0.3 is 5.32 Å². The van der Waals surface area contributed by atoms with Crippen molar-refractivity contribution in [3.8, 4) is 11.3 Å². The predicted octanol–water partition coefficient (Wildman–Crippen LogP) is 3.87. The molecule has 0 unspecified atom stereocenters. The Morgan fingerprint density at radius 1 is 1.07 bits per heavy atom. The largest absolute Gasteiger partial charge is 0.322 e. The fraction of sp³-hybridized carbons (Fsp3) is 0.0952. The number of rotatable bonds is 5. The molecule has 3 aromatic rings. The normalized spacial score (nSPS) is 10.3. The van der Waals surface area contributed by atoms with Gasteiger partial charge in [-0.2, -0.15) is 0 Å². The highest BCUT2D eigenvalue weighted by molar-refractivity contribution is 6.05. The monoisotopic (exact) mass is 360 g/mol. The first-order valence-electron chi connectivity index (χ1n) is 8.57. The van der Waals surface area contributed by atoms with Crippen molar-refractivity contribution < 1.29 is 10.0 Å². The van der Waals surface area contributed by atoms with E-state index in [4.69, 9.17) is 10.6 Å². The van der Waals surface area contributed by atoms with Crippen LogP contribution in [0.15, 0.2) is 66.9 Å². The molecule has 0 bridgehead atoms. The summed E-state index contributed by atoms with van der Waals surface area (Å²) >= 11 is 0. The molecule has 0 fully saturated rings. The molecule has 1 heterocycles. The molecule has 0 saturated heterocycles. The number of nitrogens with zero attached hydrogens (tertiary/aromatic N) is 1. The SMILES string of the molecule is CCc1ccc(NC(=O)c2ccc(C(=N)NO)cc2)cc1-c1ccccn1. The average Bonchev–Trinajstić information content (AvgIpc) is 2.73. The van der Waals surface area contributed by atoms with Gasteiger partial charge >= 0.3 is 0 Å². The maximum Gasteiger partial charge on any atom is 0.255 e. The lowest BCUT2D eigenvalue weighted by atomic mass is 10.0. The zero-order chi connectivity index (χ0) is 19.2. The summed E-state index contributed by atoms with van der Waals surface area (Å²) < 4.78 is 0. The van der Waals surface area contributed by atoms with Crippen LogP contribution in [0.3, 0.4) is 0 Å². The molecule has 0 aliphatic heterocycles. The molecule has 136 valence electrons. The highest BCUT2D eigenvalue weighted by atomic mass is 16.5. The van der Waals surface area contributed by atoms with Crippen LogP contribution in [0.4, 0.5) is 5.69 Å². The summed E-state index contributed by atoms with van der Waals surface area (Å²) in [4.78, 5) is 16.9. The molecule has 0 aliphatic rings.